The summed E-state index contributed by atoms with van der Waals surface area (Å²) >= 11 is 0. The van der Waals surface area contributed by atoms with Crippen molar-refractivity contribution in [3.8, 4) is 0 Å². The average Bonchev–Trinajstić information content (AvgIpc) is 2.87. The van der Waals surface area contributed by atoms with Crippen LogP contribution in [0.2, 0.25) is 0 Å². The van der Waals surface area contributed by atoms with Crippen LogP contribution in [0.4, 0.5) is 0 Å². The summed E-state index contributed by atoms with van der Waals surface area (Å²) in [6, 6.07) is 28.7. The first-order valence-corrected chi connectivity index (χ1v) is 10.8. The maximum atomic E-state index is 12.0. The Hall–Kier alpha value is -3.32. The Kier molecular flexibility index (Phi) is 10.3. The highest BCUT2D eigenvalue weighted by Gasteiger charge is 2.33. The minimum atomic E-state index is -0.959. The van der Waals surface area contributed by atoms with Gasteiger partial charge in [0.15, 0.2) is 12.4 Å². The summed E-state index contributed by atoms with van der Waals surface area (Å²) in [6.45, 7) is 1.16. The van der Waals surface area contributed by atoms with Crippen molar-refractivity contribution in [2.24, 2.45) is 0 Å². The molecule has 0 aliphatic rings. The van der Waals surface area contributed by atoms with E-state index in [1.54, 1.807) is 0 Å². The Morgan fingerprint density at radius 3 is 1.61 bits per heavy atom. The number of carbonyl (C=O) groups excluding carboxylic acids is 2. The number of hydrogen-bond acceptors (Lipinski definition) is 6. The van der Waals surface area contributed by atoms with Gasteiger partial charge in [-0.05, 0) is 16.7 Å². The molecule has 172 valence electrons. The second-order valence-electron chi connectivity index (χ2n) is 7.43. The zero-order chi connectivity index (χ0) is 23.1. The molecule has 0 saturated carbocycles. The number of ether oxygens (including phenoxy) is 4. The molecule has 0 heterocycles. The van der Waals surface area contributed by atoms with E-state index in [1.807, 2.05) is 91.0 Å². The van der Waals surface area contributed by atoms with E-state index in [4.69, 9.17) is 18.9 Å². The third-order valence-electron chi connectivity index (χ3n) is 5.02. The van der Waals surface area contributed by atoms with Gasteiger partial charge in [0.2, 0.25) is 0 Å². The van der Waals surface area contributed by atoms with Crippen LogP contribution in [0.25, 0.3) is 0 Å². The van der Waals surface area contributed by atoms with E-state index in [9.17, 15) is 9.59 Å². The predicted molar refractivity (Wildman–Crippen MR) is 123 cm³/mol. The van der Waals surface area contributed by atoms with E-state index in [2.05, 4.69) is 0 Å². The highest BCUT2D eigenvalue weighted by Crippen LogP contribution is 2.17. The topological polar surface area (TPSA) is 71.1 Å². The van der Waals surface area contributed by atoms with Crippen LogP contribution in [0, 0.1) is 0 Å². The fourth-order valence-electron chi connectivity index (χ4n) is 3.31. The fraction of sp³-hybridized carbons (Fsp3) is 0.259. The van der Waals surface area contributed by atoms with Gasteiger partial charge >= 0.3 is 0 Å². The van der Waals surface area contributed by atoms with Crippen molar-refractivity contribution in [2.75, 3.05) is 6.61 Å². The summed E-state index contributed by atoms with van der Waals surface area (Å²) in [5.74, 6) is 0. The summed E-state index contributed by atoms with van der Waals surface area (Å²) in [4.78, 5) is 23.2. The van der Waals surface area contributed by atoms with Crippen LogP contribution in [0.3, 0.4) is 0 Å². The Balaban J connectivity index is 1.70. The molecule has 0 spiro atoms. The van der Waals surface area contributed by atoms with E-state index in [0.29, 0.717) is 19.4 Å². The second kappa shape index (κ2) is 14.0. The Morgan fingerprint density at radius 1 is 0.636 bits per heavy atom. The molecule has 3 aromatic rings. The molecule has 0 amide bonds. The lowest BCUT2D eigenvalue weighted by atomic mass is 10.1. The average molecular weight is 449 g/mol. The molecule has 3 aromatic carbocycles. The summed E-state index contributed by atoms with van der Waals surface area (Å²) in [5, 5.41) is 0. The zero-order valence-corrected chi connectivity index (χ0v) is 18.3. The Bertz CT molecular complexity index is 933. The van der Waals surface area contributed by atoms with Crippen molar-refractivity contribution in [3.63, 3.8) is 0 Å². The summed E-state index contributed by atoms with van der Waals surface area (Å²) < 4.78 is 23.0. The Morgan fingerprint density at radius 2 is 1.12 bits per heavy atom. The van der Waals surface area contributed by atoms with E-state index >= 15 is 0 Å². The van der Waals surface area contributed by atoms with Gasteiger partial charge in [-0.15, -0.1) is 0 Å². The van der Waals surface area contributed by atoms with Crippen molar-refractivity contribution in [2.45, 2.75) is 38.1 Å². The summed E-state index contributed by atoms with van der Waals surface area (Å²) in [6.07, 6.45) is -1.97. The zero-order valence-electron chi connectivity index (χ0n) is 18.3. The fourth-order valence-corrected chi connectivity index (χ4v) is 3.31. The minimum Gasteiger partial charge on any atom is -0.459 e. The van der Waals surface area contributed by atoms with Crippen LogP contribution in [0.15, 0.2) is 91.0 Å². The Labute approximate surface area is 194 Å². The first kappa shape index (κ1) is 24.3. The first-order valence-electron chi connectivity index (χ1n) is 10.8. The number of hydrogen-bond donors (Lipinski definition) is 0. The highest BCUT2D eigenvalue weighted by molar-refractivity contribution is 5.57. The monoisotopic (exact) mass is 448 g/mol. The molecule has 0 radical (unpaired) electrons. The van der Waals surface area contributed by atoms with Crippen LogP contribution in [0.1, 0.15) is 16.7 Å². The van der Waals surface area contributed by atoms with Crippen LogP contribution >= 0.6 is 0 Å². The van der Waals surface area contributed by atoms with E-state index < -0.39 is 18.3 Å². The van der Waals surface area contributed by atoms with Crippen LogP contribution in [0.5, 0.6) is 0 Å². The molecule has 0 fully saturated rings. The number of rotatable bonds is 15. The molecule has 0 unspecified atom stereocenters. The maximum absolute atomic E-state index is 12.0. The largest absolute Gasteiger partial charge is 0.459 e. The third kappa shape index (κ3) is 8.27. The molecule has 33 heavy (non-hydrogen) atoms. The molecule has 3 atom stereocenters. The molecule has 0 aromatic heterocycles. The maximum Gasteiger partial charge on any atom is 0.293 e. The molecular weight excluding hydrogens is 420 g/mol. The first-order chi connectivity index (χ1) is 16.3. The van der Waals surface area contributed by atoms with Crippen molar-refractivity contribution in [1.29, 1.82) is 0 Å². The summed E-state index contributed by atoms with van der Waals surface area (Å²) in [7, 11) is 0. The van der Waals surface area contributed by atoms with Gasteiger partial charge in [-0.3, -0.25) is 4.79 Å². The van der Waals surface area contributed by atoms with Crippen LogP contribution in [-0.4, -0.2) is 37.7 Å². The van der Waals surface area contributed by atoms with E-state index in [-0.39, 0.29) is 19.8 Å². The highest BCUT2D eigenvalue weighted by atomic mass is 16.6. The van der Waals surface area contributed by atoms with Crippen LogP contribution in [-0.2, 0) is 48.4 Å². The molecule has 0 aliphatic carbocycles. The lowest BCUT2D eigenvalue weighted by Crippen LogP contribution is -2.45. The van der Waals surface area contributed by atoms with Gasteiger partial charge in [-0.1, -0.05) is 91.0 Å². The lowest BCUT2D eigenvalue weighted by molar-refractivity contribution is -0.172. The lowest BCUT2D eigenvalue weighted by Gasteiger charge is -2.30. The van der Waals surface area contributed by atoms with Crippen molar-refractivity contribution < 1.29 is 28.5 Å². The molecule has 0 bridgehead atoms. The van der Waals surface area contributed by atoms with E-state index in [0.717, 1.165) is 16.7 Å². The van der Waals surface area contributed by atoms with Crippen molar-refractivity contribution in [3.05, 3.63) is 108 Å². The third-order valence-corrected chi connectivity index (χ3v) is 5.02. The standard InChI is InChI=1S/C27H28O6/c28-16-25(31-18-23-12-6-2-7-13-23)27(32-19-24-14-8-3-9-15-24)26(33-21-29)20-30-17-22-10-4-1-5-11-22/h1-16,21,25-27H,17-20H2/t25-,26-,27+/m1/s1. The van der Waals surface area contributed by atoms with Gasteiger partial charge in [0.1, 0.15) is 12.2 Å². The van der Waals surface area contributed by atoms with Gasteiger partial charge in [0.25, 0.3) is 6.47 Å². The smallest absolute Gasteiger partial charge is 0.293 e. The molecule has 3 rings (SSSR count). The number of aldehydes is 1. The normalized spacial score (nSPS) is 13.6. The number of carbonyl (C=O) groups is 2. The minimum absolute atomic E-state index is 0.0477. The molecule has 0 aliphatic heterocycles. The molecule has 6 nitrogen and oxygen atoms in total. The van der Waals surface area contributed by atoms with E-state index in [1.165, 1.54) is 0 Å². The predicted octanol–water partition coefficient (Wildman–Crippen LogP) is 4.11. The van der Waals surface area contributed by atoms with Gasteiger partial charge in [-0.25, -0.2) is 0 Å². The molecular formula is C27H28O6. The van der Waals surface area contributed by atoms with Crippen molar-refractivity contribution >= 4 is 12.8 Å². The molecule has 0 saturated heterocycles. The van der Waals surface area contributed by atoms with Gasteiger partial charge < -0.3 is 23.7 Å². The van der Waals surface area contributed by atoms with Gasteiger partial charge in [-0.2, -0.15) is 0 Å². The SMILES string of the molecule is O=CO[C@H](COCc1ccccc1)[C@@H](OCc1ccccc1)[C@@H](C=O)OCc1ccccc1. The van der Waals surface area contributed by atoms with Crippen molar-refractivity contribution in [1.82, 2.24) is 0 Å². The van der Waals surface area contributed by atoms with Gasteiger partial charge in [0, 0.05) is 0 Å². The molecule has 6 heteroatoms. The quantitative estimate of drug-likeness (QED) is 0.326. The van der Waals surface area contributed by atoms with Crippen LogP contribution < -0.4 is 0 Å². The number of benzene rings is 3. The summed E-state index contributed by atoms with van der Waals surface area (Å²) in [5.41, 5.74) is 2.82. The molecule has 0 N–H and O–H groups in total. The van der Waals surface area contributed by atoms with Gasteiger partial charge in [0.05, 0.1) is 26.4 Å². The second-order valence-corrected chi connectivity index (χ2v) is 7.43.